The summed E-state index contributed by atoms with van der Waals surface area (Å²) in [5, 5.41) is 7.87. The van der Waals surface area contributed by atoms with Crippen LogP contribution in [0.15, 0.2) is 42.6 Å². The lowest BCUT2D eigenvalue weighted by atomic mass is 10.0. The predicted octanol–water partition coefficient (Wildman–Crippen LogP) is 2.92. The van der Waals surface area contributed by atoms with Crippen LogP contribution in [0.1, 0.15) is 17.0 Å². The third kappa shape index (κ3) is 2.54. The van der Waals surface area contributed by atoms with Gasteiger partial charge in [0.05, 0.1) is 5.56 Å². The predicted molar refractivity (Wildman–Crippen MR) is 71.6 cm³/mol. The molecule has 0 spiro atoms. The van der Waals surface area contributed by atoms with Gasteiger partial charge in [0, 0.05) is 18.3 Å². The molecule has 21 heavy (non-hydrogen) atoms. The second-order valence-electron chi connectivity index (χ2n) is 4.64. The van der Waals surface area contributed by atoms with Crippen LogP contribution in [0, 0.1) is 0 Å². The normalized spacial score (nSPS) is 12.0. The SMILES string of the molecule is Nc1ccc2nnc(Cc3ccccc3C(F)(F)F)n2c1. The first-order valence-corrected chi connectivity index (χ1v) is 6.19. The average molecular weight is 292 g/mol. The van der Waals surface area contributed by atoms with E-state index in [1.54, 1.807) is 28.8 Å². The zero-order chi connectivity index (χ0) is 15.0. The minimum Gasteiger partial charge on any atom is -0.398 e. The molecule has 7 heteroatoms. The molecule has 1 aromatic carbocycles. The van der Waals surface area contributed by atoms with Crippen molar-refractivity contribution in [1.82, 2.24) is 14.6 Å². The molecule has 0 aliphatic heterocycles. The Morgan fingerprint density at radius 1 is 1.05 bits per heavy atom. The van der Waals surface area contributed by atoms with E-state index in [2.05, 4.69) is 10.2 Å². The molecular formula is C14H11F3N4. The van der Waals surface area contributed by atoms with E-state index in [0.29, 0.717) is 17.2 Å². The zero-order valence-corrected chi connectivity index (χ0v) is 10.8. The summed E-state index contributed by atoms with van der Waals surface area (Å²) in [6, 6.07) is 8.77. The standard InChI is InChI=1S/C14H11F3N4/c15-14(16,17)11-4-2-1-3-9(11)7-13-20-19-12-6-5-10(18)8-21(12)13/h1-6,8H,7,18H2. The Bertz CT molecular complexity index is 792. The van der Waals surface area contributed by atoms with Gasteiger partial charge in [0.15, 0.2) is 5.65 Å². The van der Waals surface area contributed by atoms with Crippen molar-refractivity contribution < 1.29 is 13.2 Å². The molecule has 0 amide bonds. The van der Waals surface area contributed by atoms with Crippen LogP contribution in [0.3, 0.4) is 0 Å². The number of nitrogen functional groups attached to an aromatic ring is 1. The summed E-state index contributed by atoms with van der Waals surface area (Å²) < 4.78 is 40.6. The van der Waals surface area contributed by atoms with Crippen LogP contribution in [0.5, 0.6) is 0 Å². The van der Waals surface area contributed by atoms with Crippen molar-refractivity contribution in [3.8, 4) is 0 Å². The highest BCUT2D eigenvalue weighted by molar-refractivity contribution is 5.47. The Balaban J connectivity index is 2.05. The number of anilines is 1. The van der Waals surface area contributed by atoms with Gasteiger partial charge in [0.25, 0.3) is 0 Å². The van der Waals surface area contributed by atoms with Crippen molar-refractivity contribution in [2.24, 2.45) is 0 Å². The average Bonchev–Trinajstić information content (AvgIpc) is 2.81. The number of pyridine rings is 1. The lowest BCUT2D eigenvalue weighted by Crippen LogP contribution is -2.10. The van der Waals surface area contributed by atoms with Gasteiger partial charge in [-0.1, -0.05) is 18.2 Å². The van der Waals surface area contributed by atoms with E-state index >= 15 is 0 Å². The van der Waals surface area contributed by atoms with Crippen LogP contribution in [0.4, 0.5) is 18.9 Å². The van der Waals surface area contributed by atoms with Crippen molar-refractivity contribution in [3.05, 3.63) is 59.5 Å². The first kappa shape index (κ1) is 13.4. The molecule has 4 nitrogen and oxygen atoms in total. The molecule has 0 bridgehead atoms. The smallest absolute Gasteiger partial charge is 0.398 e. The van der Waals surface area contributed by atoms with Crippen molar-refractivity contribution >= 4 is 11.3 Å². The Labute approximate surface area is 118 Å². The number of rotatable bonds is 2. The van der Waals surface area contributed by atoms with Crippen LogP contribution < -0.4 is 5.73 Å². The van der Waals surface area contributed by atoms with Gasteiger partial charge in [-0.15, -0.1) is 10.2 Å². The number of aromatic nitrogens is 3. The third-order valence-electron chi connectivity index (χ3n) is 3.17. The highest BCUT2D eigenvalue weighted by Crippen LogP contribution is 2.32. The fourth-order valence-electron chi connectivity index (χ4n) is 2.20. The topological polar surface area (TPSA) is 56.2 Å². The summed E-state index contributed by atoms with van der Waals surface area (Å²) >= 11 is 0. The molecule has 2 heterocycles. The first-order valence-electron chi connectivity index (χ1n) is 6.19. The summed E-state index contributed by atoms with van der Waals surface area (Å²) in [5.74, 6) is 0.411. The molecule has 0 radical (unpaired) electrons. The summed E-state index contributed by atoms with van der Waals surface area (Å²) in [6.45, 7) is 0. The molecule has 0 saturated carbocycles. The maximum absolute atomic E-state index is 13.0. The minimum absolute atomic E-state index is 0.0281. The summed E-state index contributed by atoms with van der Waals surface area (Å²) in [6.07, 6.45) is -2.77. The fraction of sp³-hybridized carbons (Fsp3) is 0.143. The van der Waals surface area contributed by atoms with Crippen LogP contribution in [0.25, 0.3) is 5.65 Å². The van der Waals surface area contributed by atoms with Crippen molar-refractivity contribution in [1.29, 1.82) is 0 Å². The van der Waals surface area contributed by atoms with Gasteiger partial charge in [-0.2, -0.15) is 13.2 Å². The molecule has 0 unspecified atom stereocenters. The van der Waals surface area contributed by atoms with Gasteiger partial charge < -0.3 is 5.73 Å². The van der Waals surface area contributed by atoms with Crippen LogP contribution in [-0.2, 0) is 12.6 Å². The van der Waals surface area contributed by atoms with Gasteiger partial charge in [-0.3, -0.25) is 4.40 Å². The van der Waals surface area contributed by atoms with E-state index in [1.165, 1.54) is 12.1 Å². The number of nitrogens with zero attached hydrogens (tertiary/aromatic N) is 3. The third-order valence-corrected chi connectivity index (χ3v) is 3.17. The molecule has 0 aliphatic carbocycles. The van der Waals surface area contributed by atoms with E-state index in [4.69, 9.17) is 5.73 Å². The number of fused-ring (bicyclic) bond motifs is 1. The lowest BCUT2D eigenvalue weighted by molar-refractivity contribution is -0.138. The molecular weight excluding hydrogens is 281 g/mol. The maximum atomic E-state index is 13.0. The highest BCUT2D eigenvalue weighted by atomic mass is 19.4. The van der Waals surface area contributed by atoms with E-state index < -0.39 is 11.7 Å². The maximum Gasteiger partial charge on any atom is 0.416 e. The second-order valence-corrected chi connectivity index (χ2v) is 4.64. The number of nitrogens with two attached hydrogens (primary N) is 1. The lowest BCUT2D eigenvalue weighted by Gasteiger charge is -2.11. The molecule has 0 atom stereocenters. The Kier molecular flexibility index (Phi) is 3.04. The summed E-state index contributed by atoms with van der Waals surface area (Å²) in [7, 11) is 0. The monoisotopic (exact) mass is 292 g/mol. The summed E-state index contributed by atoms with van der Waals surface area (Å²) in [4.78, 5) is 0. The Morgan fingerprint density at radius 2 is 1.81 bits per heavy atom. The second kappa shape index (κ2) is 4.76. The zero-order valence-electron chi connectivity index (χ0n) is 10.8. The van der Waals surface area contributed by atoms with Crippen molar-refractivity contribution in [2.75, 3.05) is 5.73 Å². The van der Waals surface area contributed by atoms with E-state index in [0.717, 1.165) is 6.07 Å². The fourth-order valence-corrected chi connectivity index (χ4v) is 2.20. The van der Waals surface area contributed by atoms with Crippen molar-refractivity contribution in [3.63, 3.8) is 0 Å². The number of halogens is 3. The number of hydrogen-bond acceptors (Lipinski definition) is 3. The minimum atomic E-state index is -4.39. The molecule has 2 N–H and O–H groups in total. The largest absolute Gasteiger partial charge is 0.416 e. The van der Waals surface area contributed by atoms with Crippen LogP contribution in [-0.4, -0.2) is 14.6 Å². The first-order chi connectivity index (χ1) is 9.95. The van der Waals surface area contributed by atoms with Crippen molar-refractivity contribution in [2.45, 2.75) is 12.6 Å². The molecule has 0 saturated heterocycles. The summed E-state index contributed by atoms with van der Waals surface area (Å²) in [5.41, 5.74) is 6.22. The quantitative estimate of drug-likeness (QED) is 0.790. The van der Waals surface area contributed by atoms with E-state index in [9.17, 15) is 13.2 Å². The molecule has 3 rings (SSSR count). The Morgan fingerprint density at radius 3 is 2.57 bits per heavy atom. The number of hydrogen-bond donors (Lipinski definition) is 1. The molecule has 108 valence electrons. The van der Waals surface area contributed by atoms with Gasteiger partial charge in [0.2, 0.25) is 0 Å². The van der Waals surface area contributed by atoms with E-state index in [1.807, 2.05) is 0 Å². The van der Waals surface area contributed by atoms with Crippen LogP contribution in [0.2, 0.25) is 0 Å². The van der Waals surface area contributed by atoms with Gasteiger partial charge in [0.1, 0.15) is 5.82 Å². The number of alkyl halides is 3. The molecule has 0 fully saturated rings. The Hall–Kier alpha value is -2.57. The van der Waals surface area contributed by atoms with Gasteiger partial charge in [-0.05, 0) is 23.8 Å². The molecule has 2 aromatic heterocycles. The van der Waals surface area contributed by atoms with Crippen LogP contribution >= 0.6 is 0 Å². The van der Waals surface area contributed by atoms with Gasteiger partial charge in [-0.25, -0.2) is 0 Å². The highest BCUT2D eigenvalue weighted by Gasteiger charge is 2.33. The molecule has 0 aliphatic rings. The molecule has 3 aromatic rings. The number of benzene rings is 1. The van der Waals surface area contributed by atoms with E-state index in [-0.39, 0.29) is 12.0 Å². The van der Waals surface area contributed by atoms with Gasteiger partial charge >= 0.3 is 6.18 Å².